The van der Waals surface area contributed by atoms with E-state index in [0.29, 0.717) is 5.56 Å². The van der Waals surface area contributed by atoms with Crippen LogP contribution in [0.25, 0.3) is 11.1 Å². The molecule has 0 aromatic heterocycles. The Hall–Kier alpha value is -2.56. The molecule has 0 aliphatic carbocycles. The molecule has 0 bridgehead atoms. The van der Waals surface area contributed by atoms with Crippen LogP contribution in [-0.4, -0.2) is 11.1 Å². The fraction of sp³-hybridized carbons (Fsp3) is 0.188. The third kappa shape index (κ3) is 3.95. The van der Waals surface area contributed by atoms with Gasteiger partial charge in [0.2, 0.25) is 0 Å². The first-order valence-corrected chi connectivity index (χ1v) is 6.50. The minimum atomic E-state index is -0.958. The first kappa shape index (κ1) is 14.8. The van der Waals surface area contributed by atoms with E-state index >= 15 is 0 Å². The van der Waals surface area contributed by atoms with Crippen LogP contribution in [0.1, 0.15) is 24.4 Å². The largest absolute Gasteiger partial charge is 0.481 e. The van der Waals surface area contributed by atoms with Crippen molar-refractivity contribution in [2.24, 2.45) is 5.18 Å². The van der Waals surface area contributed by atoms with Crippen molar-refractivity contribution in [3.63, 3.8) is 0 Å². The molecule has 5 heteroatoms. The third-order valence-corrected chi connectivity index (χ3v) is 3.21. The van der Waals surface area contributed by atoms with Crippen LogP contribution in [0.3, 0.4) is 0 Å². The number of nitrogens with zero attached hydrogens (tertiary/aromatic N) is 1. The zero-order chi connectivity index (χ0) is 15.2. The van der Waals surface area contributed by atoms with Crippen molar-refractivity contribution >= 4 is 5.97 Å². The van der Waals surface area contributed by atoms with Gasteiger partial charge < -0.3 is 5.11 Å². The van der Waals surface area contributed by atoms with E-state index in [1.165, 1.54) is 12.1 Å². The summed E-state index contributed by atoms with van der Waals surface area (Å²) < 4.78 is 13.2. The standard InChI is InChI=1S/C16H14FNO3/c17-14-3-1-2-13(10-14)11-4-6-12(7-5-11)15(18-21)8-9-16(19)20/h1-7,10,15H,8-9H2,(H,19,20). The number of rotatable bonds is 6. The Morgan fingerprint density at radius 3 is 2.43 bits per heavy atom. The Morgan fingerprint density at radius 2 is 1.86 bits per heavy atom. The van der Waals surface area contributed by atoms with Gasteiger partial charge in [0.1, 0.15) is 11.9 Å². The highest BCUT2D eigenvalue weighted by Crippen LogP contribution is 2.26. The zero-order valence-electron chi connectivity index (χ0n) is 11.2. The normalized spacial score (nSPS) is 11.9. The summed E-state index contributed by atoms with van der Waals surface area (Å²) >= 11 is 0. The number of halogens is 1. The number of carbonyl (C=O) groups is 1. The summed E-state index contributed by atoms with van der Waals surface area (Å²) in [5.41, 5.74) is 2.22. The molecule has 0 aliphatic rings. The van der Waals surface area contributed by atoms with E-state index in [1.807, 2.05) is 0 Å². The molecule has 0 amide bonds. The lowest BCUT2D eigenvalue weighted by Crippen LogP contribution is -2.00. The molecule has 0 heterocycles. The molecule has 0 spiro atoms. The molecule has 0 saturated heterocycles. The van der Waals surface area contributed by atoms with Crippen LogP contribution in [0.2, 0.25) is 0 Å². The van der Waals surface area contributed by atoms with Gasteiger partial charge in [0, 0.05) is 6.42 Å². The van der Waals surface area contributed by atoms with Gasteiger partial charge in [-0.2, -0.15) is 4.91 Å². The lowest BCUT2D eigenvalue weighted by Gasteiger charge is -2.09. The molecular formula is C16H14FNO3. The fourth-order valence-electron chi connectivity index (χ4n) is 2.11. The van der Waals surface area contributed by atoms with Crippen LogP contribution in [0.4, 0.5) is 4.39 Å². The number of nitroso groups, excluding NO2 is 1. The number of benzene rings is 2. The molecule has 1 unspecified atom stereocenters. The molecule has 0 radical (unpaired) electrons. The number of carboxylic acids is 1. The number of hydrogen-bond donors (Lipinski definition) is 1. The minimum absolute atomic E-state index is 0.109. The lowest BCUT2D eigenvalue weighted by atomic mass is 9.99. The molecule has 4 nitrogen and oxygen atoms in total. The van der Waals surface area contributed by atoms with E-state index in [-0.39, 0.29) is 18.7 Å². The monoisotopic (exact) mass is 287 g/mol. The quantitative estimate of drug-likeness (QED) is 0.811. The maximum absolute atomic E-state index is 13.2. The van der Waals surface area contributed by atoms with Gasteiger partial charge in [0.15, 0.2) is 0 Å². The maximum atomic E-state index is 13.2. The number of carboxylic acid groups (broad SMARTS) is 1. The Labute approximate surface area is 121 Å². The molecular weight excluding hydrogens is 273 g/mol. The van der Waals surface area contributed by atoms with Crippen LogP contribution in [0.5, 0.6) is 0 Å². The van der Waals surface area contributed by atoms with E-state index in [1.54, 1.807) is 36.4 Å². The molecule has 108 valence electrons. The highest BCUT2D eigenvalue weighted by molar-refractivity contribution is 5.67. The van der Waals surface area contributed by atoms with Crippen LogP contribution in [-0.2, 0) is 4.79 Å². The average molecular weight is 287 g/mol. The van der Waals surface area contributed by atoms with Crippen molar-refractivity contribution < 1.29 is 14.3 Å². The van der Waals surface area contributed by atoms with Gasteiger partial charge >= 0.3 is 5.97 Å². The van der Waals surface area contributed by atoms with Gasteiger partial charge in [-0.15, -0.1) is 0 Å². The average Bonchev–Trinajstić information content (AvgIpc) is 2.48. The van der Waals surface area contributed by atoms with Crippen LogP contribution in [0.15, 0.2) is 53.7 Å². The van der Waals surface area contributed by atoms with Gasteiger partial charge in [0.25, 0.3) is 0 Å². The molecule has 0 fully saturated rings. The predicted octanol–water partition coefficient (Wildman–Crippen LogP) is 4.17. The van der Waals surface area contributed by atoms with Crippen LogP contribution < -0.4 is 0 Å². The molecule has 0 saturated carbocycles. The summed E-state index contributed by atoms with van der Waals surface area (Å²) in [6.07, 6.45) is 0.0558. The van der Waals surface area contributed by atoms with Crippen molar-refractivity contribution in [2.75, 3.05) is 0 Å². The Morgan fingerprint density at radius 1 is 1.14 bits per heavy atom. The van der Waals surface area contributed by atoms with Crippen LogP contribution in [0, 0.1) is 10.7 Å². The van der Waals surface area contributed by atoms with Crippen molar-refractivity contribution in [3.8, 4) is 11.1 Å². The van der Waals surface area contributed by atoms with Crippen molar-refractivity contribution in [2.45, 2.75) is 18.9 Å². The SMILES string of the molecule is O=NC(CCC(=O)O)c1ccc(-c2cccc(F)c2)cc1. The molecule has 21 heavy (non-hydrogen) atoms. The molecule has 0 aliphatic heterocycles. The first-order valence-electron chi connectivity index (χ1n) is 6.50. The van der Waals surface area contributed by atoms with E-state index < -0.39 is 12.0 Å². The summed E-state index contributed by atoms with van der Waals surface area (Å²) in [7, 11) is 0. The van der Waals surface area contributed by atoms with Crippen molar-refractivity contribution in [3.05, 3.63) is 64.8 Å². The fourth-order valence-corrected chi connectivity index (χ4v) is 2.11. The Kier molecular flexibility index (Phi) is 4.77. The maximum Gasteiger partial charge on any atom is 0.303 e. The summed E-state index contributed by atoms with van der Waals surface area (Å²) in [5, 5.41) is 11.6. The lowest BCUT2D eigenvalue weighted by molar-refractivity contribution is -0.137. The second-order valence-electron chi connectivity index (χ2n) is 4.69. The van der Waals surface area contributed by atoms with E-state index in [2.05, 4.69) is 5.18 Å². The molecule has 1 N–H and O–H groups in total. The number of hydrogen-bond acceptors (Lipinski definition) is 3. The Balaban J connectivity index is 2.17. The predicted molar refractivity (Wildman–Crippen MR) is 77.2 cm³/mol. The van der Waals surface area contributed by atoms with Crippen molar-refractivity contribution in [1.82, 2.24) is 0 Å². The summed E-state index contributed by atoms with van der Waals surface area (Å²) in [4.78, 5) is 21.4. The summed E-state index contributed by atoms with van der Waals surface area (Å²) in [6.45, 7) is 0. The molecule has 2 rings (SSSR count). The van der Waals surface area contributed by atoms with Gasteiger partial charge in [-0.1, -0.05) is 41.6 Å². The van der Waals surface area contributed by atoms with E-state index in [0.717, 1.165) is 11.1 Å². The third-order valence-electron chi connectivity index (χ3n) is 3.21. The summed E-state index contributed by atoms with van der Waals surface area (Å²) in [5.74, 6) is -1.27. The topological polar surface area (TPSA) is 66.7 Å². The Bertz CT molecular complexity index is 640. The van der Waals surface area contributed by atoms with Gasteiger partial charge in [-0.05, 0) is 35.2 Å². The molecule has 2 aromatic carbocycles. The van der Waals surface area contributed by atoms with Gasteiger partial charge in [-0.3, -0.25) is 4.79 Å². The second-order valence-corrected chi connectivity index (χ2v) is 4.69. The minimum Gasteiger partial charge on any atom is -0.481 e. The van der Waals surface area contributed by atoms with Crippen LogP contribution >= 0.6 is 0 Å². The molecule has 2 aromatic rings. The van der Waals surface area contributed by atoms with E-state index in [9.17, 15) is 14.1 Å². The first-order chi connectivity index (χ1) is 10.1. The second kappa shape index (κ2) is 6.74. The number of aliphatic carboxylic acids is 1. The van der Waals surface area contributed by atoms with Gasteiger partial charge in [0.05, 0.1) is 0 Å². The van der Waals surface area contributed by atoms with Crippen molar-refractivity contribution in [1.29, 1.82) is 0 Å². The summed E-state index contributed by atoms with van der Waals surface area (Å²) in [6, 6.07) is 12.5. The zero-order valence-corrected chi connectivity index (χ0v) is 11.2. The van der Waals surface area contributed by atoms with Gasteiger partial charge in [-0.25, -0.2) is 4.39 Å². The van der Waals surface area contributed by atoms with E-state index in [4.69, 9.17) is 5.11 Å². The highest BCUT2D eigenvalue weighted by Gasteiger charge is 2.13. The molecule has 1 atom stereocenters. The smallest absolute Gasteiger partial charge is 0.303 e. The highest BCUT2D eigenvalue weighted by atomic mass is 19.1.